The summed E-state index contributed by atoms with van der Waals surface area (Å²) in [6.07, 6.45) is 10.5. The molecule has 8 rings (SSSR count). The number of fused-ring (bicyclic) bond motifs is 3. The molecule has 0 amide bonds. The molecule has 1 saturated carbocycles. The summed E-state index contributed by atoms with van der Waals surface area (Å²) in [4.78, 5) is 9.20. The van der Waals surface area contributed by atoms with Gasteiger partial charge in [0.1, 0.15) is 5.58 Å². The van der Waals surface area contributed by atoms with Crippen LogP contribution in [0.2, 0.25) is 0 Å². The van der Waals surface area contributed by atoms with Gasteiger partial charge in [0.25, 0.3) is 0 Å². The summed E-state index contributed by atoms with van der Waals surface area (Å²) < 4.78 is 5.90. The Morgan fingerprint density at radius 1 is 0.723 bits per heavy atom. The molecule has 0 spiro atoms. The van der Waals surface area contributed by atoms with Gasteiger partial charge in [-0.05, 0) is 47.5 Å². The Balaban J connectivity index is 0.000000164. The van der Waals surface area contributed by atoms with Gasteiger partial charge in [-0.15, -0.1) is 59.7 Å². The molecule has 0 atom stereocenters. The standard InChI is InChI=1S/C23H20NO.C20H18N.Ir/c1-2-6-16(5-1)13-17-11-12-24-21(14-17)18-9-10-23-20(15-18)19-7-3-4-8-22(19)25-23;1-20(2,17-12-7-4-8-13-17)18-14-9-15-21-19(18)16-10-5-3-6-11-16;/h3-4,7-8,10-12,14-16H,1-2,5-6,13H2;3-10,12-15H,1-2H3;/q2*-1;. The maximum Gasteiger partial charge on any atom is 0.120 e. The van der Waals surface area contributed by atoms with E-state index in [2.05, 4.69) is 103 Å². The van der Waals surface area contributed by atoms with E-state index < -0.39 is 0 Å². The monoisotopic (exact) mass is 791 g/mol. The molecule has 7 aromatic rings. The van der Waals surface area contributed by atoms with E-state index in [-0.39, 0.29) is 25.5 Å². The minimum absolute atomic E-state index is 0. The molecule has 0 N–H and O–H groups in total. The van der Waals surface area contributed by atoms with Crippen molar-refractivity contribution in [2.45, 2.75) is 51.4 Å². The Hall–Kier alpha value is -4.37. The first-order chi connectivity index (χ1) is 22.6. The van der Waals surface area contributed by atoms with Crippen molar-refractivity contribution in [2.24, 2.45) is 5.92 Å². The smallest absolute Gasteiger partial charge is 0.120 e. The average molecular weight is 791 g/mol. The van der Waals surface area contributed by atoms with Crippen LogP contribution < -0.4 is 0 Å². The topological polar surface area (TPSA) is 38.9 Å². The molecule has 237 valence electrons. The van der Waals surface area contributed by atoms with Crippen LogP contribution in [0, 0.1) is 18.1 Å². The van der Waals surface area contributed by atoms with Gasteiger partial charge in [-0.3, -0.25) is 0 Å². The zero-order chi connectivity index (χ0) is 31.3. The Bertz CT molecular complexity index is 2060. The molecule has 0 unspecified atom stereocenters. The Kier molecular flexibility index (Phi) is 10.1. The average Bonchev–Trinajstić information content (AvgIpc) is 3.77. The van der Waals surface area contributed by atoms with Gasteiger partial charge in [0.05, 0.1) is 5.58 Å². The van der Waals surface area contributed by atoms with E-state index in [9.17, 15) is 0 Å². The second kappa shape index (κ2) is 14.6. The minimum atomic E-state index is -0.103. The first-order valence-corrected chi connectivity index (χ1v) is 16.3. The summed E-state index contributed by atoms with van der Waals surface area (Å²) >= 11 is 0. The van der Waals surface area contributed by atoms with Crippen molar-refractivity contribution >= 4 is 21.9 Å². The third-order valence-corrected chi connectivity index (χ3v) is 9.35. The number of pyridine rings is 2. The van der Waals surface area contributed by atoms with E-state index in [1.54, 1.807) is 0 Å². The van der Waals surface area contributed by atoms with Crippen molar-refractivity contribution in [1.82, 2.24) is 9.97 Å². The molecular weight excluding hydrogens is 753 g/mol. The molecule has 0 saturated heterocycles. The third-order valence-electron chi connectivity index (χ3n) is 9.35. The molecule has 1 fully saturated rings. The van der Waals surface area contributed by atoms with Crippen LogP contribution in [0.15, 0.2) is 132 Å². The summed E-state index contributed by atoms with van der Waals surface area (Å²) in [5, 5.41) is 2.28. The summed E-state index contributed by atoms with van der Waals surface area (Å²) in [5.74, 6) is 0.847. The first kappa shape index (κ1) is 32.6. The molecule has 1 aliphatic rings. The van der Waals surface area contributed by atoms with Gasteiger partial charge in [-0.1, -0.05) is 117 Å². The summed E-state index contributed by atoms with van der Waals surface area (Å²) in [7, 11) is 0. The SMILES string of the molecule is CC(C)(c1ccccc1)c1cccnc1-c1[c-]cccc1.[Ir].[c-]1cc2oc3ccccc3c2cc1-c1cc(CC2CCCC2)ccn1. The van der Waals surface area contributed by atoms with E-state index in [4.69, 9.17) is 4.42 Å². The molecule has 3 nitrogen and oxygen atoms in total. The second-order valence-corrected chi connectivity index (χ2v) is 12.8. The summed E-state index contributed by atoms with van der Waals surface area (Å²) in [5.41, 5.74) is 9.68. The Labute approximate surface area is 291 Å². The first-order valence-electron chi connectivity index (χ1n) is 16.3. The van der Waals surface area contributed by atoms with Crippen LogP contribution in [0.1, 0.15) is 56.2 Å². The predicted octanol–water partition coefficient (Wildman–Crippen LogP) is 11.1. The maximum atomic E-state index is 5.90. The number of para-hydroxylation sites is 1. The van der Waals surface area contributed by atoms with Crippen LogP contribution in [0.3, 0.4) is 0 Å². The van der Waals surface area contributed by atoms with Crippen molar-refractivity contribution in [3.63, 3.8) is 0 Å². The minimum Gasteiger partial charge on any atom is -0.500 e. The number of hydrogen-bond donors (Lipinski definition) is 0. The van der Waals surface area contributed by atoms with E-state index in [0.717, 1.165) is 50.4 Å². The second-order valence-electron chi connectivity index (χ2n) is 12.8. The molecular formula is C43H38IrN2O-2. The van der Waals surface area contributed by atoms with Gasteiger partial charge in [-0.2, -0.15) is 0 Å². The largest absolute Gasteiger partial charge is 0.500 e. The Morgan fingerprint density at radius 2 is 1.51 bits per heavy atom. The molecule has 3 aromatic heterocycles. The van der Waals surface area contributed by atoms with Crippen LogP contribution in [0.25, 0.3) is 44.5 Å². The van der Waals surface area contributed by atoms with Crippen molar-refractivity contribution < 1.29 is 24.5 Å². The molecule has 0 bridgehead atoms. The molecule has 0 aliphatic heterocycles. The van der Waals surface area contributed by atoms with Crippen molar-refractivity contribution in [3.8, 4) is 22.5 Å². The number of rotatable bonds is 6. The van der Waals surface area contributed by atoms with Gasteiger partial charge in [0, 0.05) is 43.3 Å². The number of furan rings is 1. The van der Waals surface area contributed by atoms with Gasteiger partial charge in [0.2, 0.25) is 0 Å². The normalized spacial score (nSPS) is 13.2. The number of nitrogens with zero attached hydrogens (tertiary/aromatic N) is 2. The molecule has 47 heavy (non-hydrogen) atoms. The van der Waals surface area contributed by atoms with Crippen LogP contribution in [-0.4, -0.2) is 9.97 Å². The molecule has 4 heteroatoms. The predicted molar refractivity (Wildman–Crippen MR) is 189 cm³/mol. The fraction of sp³-hybridized carbons (Fsp3) is 0.209. The molecule has 1 radical (unpaired) electrons. The number of hydrogen-bond acceptors (Lipinski definition) is 3. The fourth-order valence-corrected chi connectivity index (χ4v) is 6.79. The van der Waals surface area contributed by atoms with Crippen molar-refractivity contribution in [3.05, 3.63) is 156 Å². The van der Waals surface area contributed by atoms with Crippen molar-refractivity contribution in [2.75, 3.05) is 0 Å². The van der Waals surface area contributed by atoms with E-state index in [1.165, 1.54) is 48.8 Å². The van der Waals surface area contributed by atoms with Crippen LogP contribution in [0.4, 0.5) is 0 Å². The van der Waals surface area contributed by atoms with E-state index >= 15 is 0 Å². The quantitative estimate of drug-likeness (QED) is 0.158. The Morgan fingerprint density at radius 3 is 2.32 bits per heavy atom. The zero-order valence-electron chi connectivity index (χ0n) is 26.9. The van der Waals surface area contributed by atoms with Crippen LogP contribution >= 0.6 is 0 Å². The van der Waals surface area contributed by atoms with Crippen LogP contribution in [-0.2, 0) is 31.9 Å². The van der Waals surface area contributed by atoms with Crippen LogP contribution in [0.5, 0.6) is 0 Å². The fourth-order valence-electron chi connectivity index (χ4n) is 6.79. The summed E-state index contributed by atoms with van der Waals surface area (Å²) in [6, 6.07) is 46.0. The van der Waals surface area contributed by atoms with Crippen molar-refractivity contribution in [1.29, 1.82) is 0 Å². The number of aromatic nitrogens is 2. The molecule has 3 heterocycles. The molecule has 4 aromatic carbocycles. The summed E-state index contributed by atoms with van der Waals surface area (Å²) in [6.45, 7) is 4.48. The third kappa shape index (κ3) is 7.15. The van der Waals surface area contributed by atoms with Gasteiger partial charge in [0.15, 0.2) is 0 Å². The van der Waals surface area contributed by atoms with Gasteiger partial charge >= 0.3 is 0 Å². The van der Waals surface area contributed by atoms with E-state index in [1.807, 2.05) is 60.9 Å². The van der Waals surface area contributed by atoms with Gasteiger partial charge in [-0.25, -0.2) is 0 Å². The molecule has 1 aliphatic carbocycles. The maximum absolute atomic E-state index is 5.90. The van der Waals surface area contributed by atoms with E-state index in [0.29, 0.717) is 0 Å². The van der Waals surface area contributed by atoms with Gasteiger partial charge < -0.3 is 14.4 Å². The number of benzene rings is 4. The zero-order valence-corrected chi connectivity index (χ0v) is 29.3.